The molecule has 4 aliphatic rings. The van der Waals surface area contributed by atoms with E-state index < -0.39 is 5.97 Å². The standard InChI is InChI=1S/C31H38N4O3/c1-31(2,3)32-30(38)33-35-18-9-13-22-21(20-10-5-4-6-11-20)15-16-24(28(22)35)27-26(29(36)37)23-12-7-8-14-25(23)34(27)17-19-35/h7,9,12,15-16,18,20H,4-6,8,10-11,13-14,17,19H2,1-3H3,(H2-,32,33,36,37,38)/p+1/t35-/m0/s1. The molecule has 2 aromatic rings. The van der Waals surface area contributed by atoms with Crippen molar-refractivity contribution in [3.05, 3.63) is 58.4 Å². The summed E-state index contributed by atoms with van der Waals surface area (Å²) in [5, 5.41) is 13.5. The third kappa shape index (κ3) is 4.08. The van der Waals surface area contributed by atoms with Gasteiger partial charge in [-0.3, -0.25) is 0 Å². The van der Waals surface area contributed by atoms with Gasteiger partial charge < -0.3 is 15.0 Å². The van der Waals surface area contributed by atoms with Crippen LogP contribution in [-0.4, -0.2) is 33.8 Å². The fourth-order valence-corrected chi connectivity index (χ4v) is 7.18. The second kappa shape index (κ2) is 9.16. The van der Waals surface area contributed by atoms with Crippen LogP contribution in [0.3, 0.4) is 0 Å². The minimum Gasteiger partial charge on any atom is -0.478 e. The zero-order chi connectivity index (χ0) is 26.7. The lowest BCUT2D eigenvalue weighted by atomic mass is 9.79. The first-order chi connectivity index (χ1) is 18.2. The van der Waals surface area contributed by atoms with E-state index in [9.17, 15) is 14.7 Å². The van der Waals surface area contributed by atoms with E-state index in [-0.39, 0.29) is 16.2 Å². The average molecular weight is 516 g/mol. The van der Waals surface area contributed by atoms with Crippen molar-refractivity contribution in [2.24, 2.45) is 0 Å². The zero-order valence-electron chi connectivity index (χ0n) is 22.8. The smallest absolute Gasteiger partial charge is 0.360 e. The lowest BCUT2D eigenvalue weighted by molar-refractivity contribution is 0.0697. The highest BCUT2D eigenvalue weighted by atomic mass is 16.4. The predicted octanol–water partition coefficient (Wildman–Crippen LogP) is 6.26. The number of hydrogen-bond acceptors (Lipinski definition) is 2. The quantitative estimate of drug-likeness (QED) is 0.422. The third-order valence-electron chi connectivity index (χ3n) is 8.62. The van der Waals surface area contributed by atoms with Gasteiger partial charge in [0, 0.05) is 28.8 Å². The highest BCUT2D eigenvalue weighted by Crippen LogP contribution is 2.49. The summed E-state index contributed by atoms with van der Waals surface area (Å²) in [5.74, 6) is -0.387. The molecule has 200 valence electrons. The second-order valence-corrected chi connectivity index (χ2v) is 12.3. The van der Waals surface area contributed by atoms with E-state index in [1.54, 1.807) is 0 Å². The molecular formula is C31H39N4O3+. The summed E-state index contributed by atoms with van der Waals surface area (Å²) in [5.41, 5.74) is 10.7. The molecule has 2 aliphatic carbocycles. The number of nitrogens with zero attached hydrogens (tertiary/aromatic N) is 2. The summed E-state index contributed by atoms with van der Waals surface area (Å²) in [7, 11) is 0. The highest BCUT2D eigenvalue weighted by molar-refractivity contribution is 6.03. The van der Waals surface area contributed by atoms with Gasteiger partial charge in [-0.15, -0.1) is 0 Å². The van der Waals surface area contributed by atoms with E-state index in [4.69, 9.17) is 0 Å². The van der Waals surface area contributed by atoms with Gasteiger partial charge in [0.15, 0.2) is 5.69 Å². The maximum Gasteiger partial charge on any atom is 0.360 e. The van der Waals surface area contributed by atoms with Crippen molar-refractivity contribution in [1.29, 1.82) is 0 Å². The first-order valence-corrected chi connectivity index (χ1v) is 14.2. The molecule has 0 bridgehead atoms. The van der Waals surface area contributed by atoms with E-state index in [0.717, 1.165) is 47.5 Å². The second-order valence-electron chi connectivity index (χ2n) is 12.3. The van der Waals surface area contributed by atoms with Crippen LogP contribution in [0.4, 0.5) is 10.5 Å². The van der Waals surface area contributed by atoms with Gasteiger partial charge in [0.1, 0.15) is 12.7 Å². The number of carbonyl (C=O) groups excluding carboxylic acids is 1. The maximum atomic E-state index is 13.4. The van der Waals surface area contributed by atoms with Gasteiger partial charge >= 0.3 is 12.0 Å². The molecule has 0 radical (unpaired) electrons. The predicted molar refractivity (Wildman–Crippen MR) is 151 cm³/mol. The van der Waals surface area contributed by atoms with Crippen LogP contribution < -0.4 is 15.3 Å². The maximum absolute atomic E-state index is 13.4. The number of benzene rings is 1. The Bertz CT molecular complexity index is 1370. The number of quaternary nitrogens is 1. The molecule has 1 aromatic carbocycles. The first-order valence-electron chi connectivity index (χ1n) is 14.2. The molecule has 3 N–H and O–H groups in total. The number of nitrogens with one attached hydrogen (secondary N) is 2. The molecule has 0 unspecified atom stereocenters. The first kappa shape index (κ1) is 25.0. The summed E-state index contributed by atoms with van der Waals surface area (Å²) in [6.07, 6.45) is 17.0. The van der Waals surface area contributed by atoms with Crippen molar-refractivity contribution in [2.75, 3.05) is 6.54 Å². The van der Waals surface area contributed by atoms with Crippen molar-refractivity contribution in [2.45, 2.75) is 90.1 Å². The van der Waals surface area contributed by atoms with Crippen molar-refractivity contribution < 1.29 is 14.7 Å². The SMILES string of the molecule is CC(C)(C)NC(=O)N[N@+]12C=CCc3c(C4CCCCC4)ccc(c31)-c1c(C(=O)O)c3c(n1CC2)CCC=C3. The number of hydrogen-bond donors (Lipinski definition) is 3. The minimum absolute atomic E-state index is 0.193. The molecular weight excluding hydrogens is 476 g/mol. The molecule has 6 rings (SSSR count). The number of urea groups is 1. The largest absolute Gasteiger partial charge is 0.478 e. The molecule has 7 heteroatoms. The zero-order valence-corrected chi connectivity index (χ0v) is 22.8. The molecule has 1 aromatic heterocycles. The Balaban J connectivity index is 1.60. The average Bonchev–Trinajstić information content (AvgIpc) is 3.13. The summed E-state index contributed by atoms with van der Waals surface area (Å²) >= 11 is 0. The summed E-state index contributed by atoms with van der Waals surface area (Å²) in [6.45, 7) is 7.16. The van der Waals surface area contributed by atoms with Gasteiger partial charge in [-0.05, 0) is 70.1 Å². The summed E-state index contributed by atoms with van der Waals surface area (Å²) in [6, 6.07) is 4.19. The molecule has 2 amide bonds. The molecule has 2 aliphatic heterocycles. The Morgan fingerprint density at radius 3 is 2.63 bits per heavy atom. The molecule has 3 heterocycles. The fourth-order valence-electron chi connectivity index (χ4n) is 7.18. The van der Waals surface area contributed by atoms with Gasteiger partial charge in [0.05, 0.1) is 23.4 Å². The number of amides is 2. The van der Waals surface area contributed by atoms with E-state index >= 15 is 0 Å². The van der Waals surface area contributed by atoms with E-state index in [2.05, 4.69) is 45.8 Å². The van der Waals surface area contributed by atoms with Crippen LogP contribution in [0.25, 0.3) is 17.3 Å². The Kier molecular flexibility index (Phi) is 6.02. The normalized spacial score (nSPS) is 22.2. The van der Waals surface area contributed by atoms with Crippen LogP contribution in [0.1, 0.15) is 98.0 Å². The van der Waals surface area contributed by atoms with Crippen molar-refractivity contribution in [1.82, 2.24) is 19.9 Å². The lowest BCUT2D eigenvalue weighted by Crippen LogP contribution is -2.64. The van der Waals surface area contributed by atoms with Gasteiger partial charge in [0.2, 0.25) is 0 Å². The number of carboxylic acids is 1. The topological polar surface area (TPSA) is 83.4 Å². The number of allylic oxidation sites excluding steroid dienone is 2. The van der Waals surface area contributed by atoms with Crippen LogP contribution in [0.15, 0.2) is 30.5 Å². The summed E-state index contributed by atoms with van der Waals surface area (Å²) in [4.78, 5) is 26.1. The van der Waals surface area contributed by atoms with Crippen LogP contribution in [0.2, 0.25) is 0 Å². The number of aromatic nitrogens is 1. The van der Waals surface area contributed by atoms with Gasteiger partial charge in [-0.2, -0.15) is 10.0 Å². The van der Waals surface area contributed by atoms with Crippen molar-refractivity contribution >= 4 is 23.8 Å². The molecule has 0 spiro atoms. The number of carboxylic acid groups (broad SMARTS) is 1. The molecule has 1 saturated carbocycles. The lowest BCUT2D eigenvalue weighted by Gasteiger charge is -2.39. The van der Waals surface area contributed by atoms with Gasteiger partial charge in [-0.1, -0.05) is 37.5 Å². The van der Waals surface area contributed by atoms with Gasteiger partial charge in [-0.25, -0.2) is 9.59 Å². The van der Waals surface area contributed by atoms with E-state index in [1.165, 1.54) is 43.2 Å². The number of rotatable bonds is 3. The number of aromatic carboxylic acids is 1. The molecule has 7 nitrogen and oxygen atoms in total. The van der Waals surface area contributed by atoms with Gasteiger partial charge in [0.25, 0.3) is 0 Å². The van der Waals surface area contributed by atoms with E-state index in [0.29, 0.717) is 24.6 Å². The minimum atomic E-state index is -0.892. The number of fused-ring (bicyclic) bond motifs is 4. The fraction of sp³-hybridized carbons (Fsp3) is 0.484. The Hall–Kier alpha value is -3.32. The summed E-state index contributed by atoms with van der Waals surface area (Å²) < 4.78 is 2.42. The molecule has 1 fully saturated rings. The van der Waals surface area contributed by atoms with E-state index in [1.807, 2.05) is 26.8 Å². The highest BCUT2D eigenvalue weighted by Gasteiger charge is 2.45. The molecule has 1 atom stereocenters. The molecule has 38 heavy (non-hydrogen) atoms. The van der Waals surface area contributed by atoms with Crippen LogP contribution in [-0.2, 0) is 19.4 Å². The Morgan fingerprint density at radius 1 is 1.11 bits per heavy atom. The molecule has 0 saturated heterocycles. The monoisotopic (exact) mass is 515 g/mol. The van der Waals surface area contributed by atoms with Crippen LogP contribution >= 0.6 is 0 Å². The number of carbonyl (C=O) groups is 2. The van der Waals surface area contributed by atoms with Crippen molar-refractivity contribution in [3.63, 3.8) is 0 Å². The van der Waals surface area contributed by atoms with Crippen LogP contribution in [0, 0.1) is 0 Å². The van der Waals surface area contributed by atoms with Crippen molar-refractivity contribution in [3.8, 4) is 11.3 Å². The van der Waals surface area contributed by atoms with Crippen LogP contribution in [0.5, 0.6) is 0 Å². The Morgan fingerprint density at radius 2 is 1.89 bits per heavy atom. The Labute approximate surface area is 224 Å². The third-order valence-corrected chi connectivity index (χ3v) is 8.62.